The van der Waals surface area contributed by atoms with Gasteiger partial charge in [-0.15, -0.1) is 0 Å². The lowest BCUT2D eigenvalue weighted by Gasteiger charge is -2.33. The van der Waals surface area contributed by atoms with Crippen LogP contribution >= 0.6 is 0 Å². The number of nitrogens with zero attached hydrogens (tertiary/aromatic N) is 3. The normalized spacial score (nSPS) is 23.7. The molecule has 6 nitrogen and oxygen atoms in total. The zero-order valence-electron chi connectivity index (χ0n) is 15.9. The van der Waals surface area contributed by atoms with Crippen molar-refractivity contribution in [1.29, 1.82) is 0 Å². The number of carbonyl (C=O) groups excluding carboxylic acids is 1. The maximum atomic E-state index is 13.0. The highest BCUT2D eigenvalue weighted by Gasteiger charge is 2.29. The van der Waals surface area contributed by atoms with E-state index in [1.54, 1.807) is 6.20 Å². The summed E-state index contributed by atoms with van der Waals surface area (Å²) in [6.45, 7) is 5.16. The standard InChI is InChI=1S/C20H31N3O3/c1-15-19(14-21-23(15)16-8-12-25-13-9-16)20(24)22-10-6-18(7-11-22)26-17-4-2-3-5-17/h14,16-18H,2-13H2,1H3. The van der Waals surface area contributed by atoms with Gasteiger partial charge in [-0.1, -0.05) is 12.8 Å². The number of likely N-dealkylation sites (tertiary alicyclic amines) is 1. The highest BCUT2D eigenvalue weighted by Crippen LogP contribution is 2.27. The molecule has 0 bridgehead atoms. The van der Waals surface area contributed by atoms with E-state index < -0.39 is 0 Å². The van der Waals surface area contributed by atoms with Gasteiger partial charge in [-0.25, -0.2) is 0 Å². The van der Waals surface area contributed by atoms with Gasteiger partial charge in [0.2, 0.25) is 0 Å². The van der Waals surface area contributed by atoms with Gasteiger partial charge >= 0.3 is 0 Å². The van der Waals surface area contributed by atoms with E-state index in [0.717, 1.165) is 63.2 Å². The van der Waals surface area contributed by atoms with Crippen LogP contribution in [0.2, 0.25) is 0 Å². The fraction of sp³-hybridized carbons (Fsp3) is 0.800. The van der Waals surface area contributed by atoms with E-state index in [4.69, 9.17) is 9.47 Å². The predicted octanol–water partition coefficient (Wildman–Crippen LogP) is 3.11. The summed E-state index contributed by atoms with van der Waals surface area (Å²) in [4.78, 5) is 15.0. The van der Waals surface area contributed by atoms with E-state index in [1.807, 2.05) is 16.5 Å². The maximum absolute atomic E-state index is 13.0. The summed E-state index contributed by atoms with van der Waals surface area (Å²) in [5, 5.41) is 4.53. The van der Waals surface area contributed by atoms with Gasteiger partial charge in [0.05, 0.1) is 30.0 Å². The first kappa shape index (κ1) is 18.0. The molecule has 1 aromatic heterocycles. The van der Waals surface area contributed by atoms with Crippen LogP contribution < -0.4 is 0 Å². The molecule has 3 heterocycles. The van der Waals surface area contributed by atoms with Gasteiger partial charge in [0.1, 0.15) is 0 Å². The minimum absolute atomic E-state index is 0.125. The molecule has 26 heavy (non-hydrogen) atoms. The zero-order chi connectivity index (χ0) is 17.9. The van der Waals surface area contributed by atoms with E-state index in [9.17, 15) is 4.79 Å². The Bertz CT molecular complexity index is 610. The maximum Gasteiger partial charge on any atom is 0.257 e. The predicted molar refractivity (Wildman–Crippen MR) is 98.3 cm³/mol. The van der Waals surface area contributed by atoms with Gasteiger partial charge in [-0.2, -0.15) is 5.10 Å². The van der Waals surface area contributed by atoms with Crippen LogP contribution in [-0.2, 0) is 9.47 Å². The molecule has 1 amide bonds. The van der Waals surface area contributed by atoms with Crippen LogP contribution in [-0.4, -0.2) is 59.1 Å². The van der Waals surface area contributed by atoms with E-state index in [0.29, 0.717) is 18.2 Å². The Morgan fingerprint density at radius 3 is 2.42 bits per heavy atom. The van der Waals surface area contributed by atoms with Gasteiger partial charge in [0, 0.05) is 32.0 Å². The number of aromatic nitrogens is 2. The van der Waals surface area contributed by atoms with Crippen LogP contribution in [0.3, 0.4) is 0 Å². The van der Waals surface area contributed by atoms with Crippen LogP contribution in [0.15, 0.2) is 6.20 Å². The van der Waals surface area contributed by atoms with Gasteiger partial charge < -0.3 is 14.4 Å². The van der Waals surface area contributed by atoms with Gasteiger partial charge in [0.25, 0.3) is 5.91 Å². The summed E-state index contributed by atoms with van der Waals surface area (Å²) < 4.78 is 13.7. The molecular formula is C20H31N3O3. The summed E-state index contributed by atoms with van der Waals surface area (Å²) in [6.07, 6.45) is 11.4. The molecule has 144 valence electrons. The fourth-order valence-electron chi connectivity index (χ4n) is 4.59. The molecule has 4 rings (SSSR count). The number of hydrogen-bond donors (Lipinski definition) is 0. The van der Waals surface area contributed by atoms with Crippen LogP contribution in [0.1, 0.15) is 73.5 Å². The quantitative estimate of drug-likeness (QED) is 0.827. The van der Waals surface area contributed by atoms with E-state index >= 15 is 0 Å². The molecule has 1 aliphatic carbocycles. The molecule has 3 fully saturated rings. The number of carbonyl (C=O) groups is 1. The van der Waals surface area contributed by atoms with Crippen LogP contribution in [0.5, 0.6) is 0 Å². The van der Waals surface area contributed by atoms with Crippen molar-refractivity contribution in [2.45, 2.75) is 76.5 Å². The second-order valence-electron chi connectivity index (χ2n) is 7.97. The Kier molecular flexibility index (Phi) is 5.60. The fourth-order valence-corrected chi connectivity index (χ4v) is 4.59. The van der Waals surface area contributed by atoms with Gasteiger partial charge in [0.15, 0.2) is 0 Å². The molecule has 0 radical (unpaired) electrons. The third-order valence-corrected chi connectivity index (χ3v) is 6.23. The van der Waals surface area contributed by atoms with Crippen molar-refractivity contribution in [2.24, 2.45) is 0 Å². The van der Waals surface area contributed by atoms with Crippen molar-refractivity contribution in [3.8, 4) is 0 Å². The van der Waals surface area contributed by atoms with Crippen molar-refractivity contribution in [1.82, 2.24) is 14.7 Å². The number of piperidine rings is 1. The van der Waals surface area contributed by atoms with Crippen molar-refractivity contribution >= 4 is 5.91 Å². The molecule has 0 spiro atoms. The first-order chi connectivity index (χ1) is 12.7. The third kappa shape index (κ3) is 3.81. The molecular weight excluding hydrogens is 330 g/mol. The zero-order valence-corrected chi connectivity index (χ0v) is 15.9. The monoisotopic (exact) mass is 361 g/mol. The highest BCUT2D eigenvalue weighted by atomic mass is 16.5. The van der Waals surface area contributed by atoms with Gasteiger partial charge in [-0.3, -0.25) is 9.48 Å². The third-order valence-electron chi connectivity index (χ3n) is 6.23. The molecule has 2 saturated heterocycles. The lowest BCUT2D eigenvalue weighted by molar-refractivity contribution is -0.0357. The topological polar surface area (TPSA) is 56.6 Å². The summed E-state index contributed by atoms with van der Waals surface area (Å²) in [5.74, 6) is 0.125. The molecule has 6 heteroatoms. The highest BCUT2D eigenvalue weighted by molar-refractivity contribution is 5.95. The van der Waals surface area contributed by atoms with E-state index in [2.05, 4.69) is 5.10 Å². The molecule has 3 aliphatic rings. The Morgan fingerprint density at radius 1 is 1.08 bits per heavy atom. The first-order valence-corrected chi connectivity index (χ1v) is 10.3. The van der Waals surface area contributed by atoms with Crippen LogP contribution in [0.4, 0.5) is 0 Å². The van der Waals surface area contributed by atoms with Crippen LogP contribution in [0, 0.1) is 6.92 Å². The number of ether oxygens (including phenoxy) is 2. The SMILES string of the molecule is Cc1c(C(=O)N2CCC(OC3CCCC3)CC2)cnn1C1CCOCC1. The minimum atomic E-state index is 0.125. The Morgan fingerprint density at radius 2 is 1.73 bits per heavy atom. The van der Waals surface area contributed by atoms with E-state index in [-0.39, 0.29) is 5.91 Å². The largest absolute Gasteiger partial charge is 0.381 e. The molecule has 0 N–H and O–H groups in total. The second kappa shape index (κ2) is 8.09. The average molecular weight is 361 g/mol. The first-order valence-electron chi connectivity index (χ1n) is 10.3. The van der Waals surface area contributed by atoms with E-state index in [1.165, 1.54) is 25.7 Å². The Hall–Kier alpha value is -1.40. The number of hydrogen-bond acceptors (Lipinski definition) is 4. The van der Waals surface area contributed by atoms with Crippen molar-refractivity contribution in [3.05, 3.63) is 17.5 Å². The summed E-state index contributed by atoms with van der Waals surface area (Å²) in [6, 6.07) is 0.357. The smallest absolute Gasteiger partial charge is 0.257 e. The summed E-state index contributed by atoms with van der Waals surface area (Å²) in [7, 11) is 0. The molecule has 0 aromatic carbocycles. The van der Waals surface area contributed by atoms with Crippen molar-refractivity contribution in [2.75, 3.05) is 26.3 Å². The molecule has 0 atom stereocenters. The lowest BCUT2D eigenvalue weighted by Crippen LogP contribution is -2.41. The lowest BCUT2D eigenvalue weighted by atomic mass is 10.1. The second-order valence-corrected chi connectivity index (χ2v) is 7.97. The molecule has 2 aliphatic heterocycles. The summed E-state index contributed by atoms with van der Waals surface area (Å²) >= 11 is 0. The van der Waals surface area contributed by atoms with Crippen LogP contribution in [0.25, 0.3) is 0 Å². The molecule has 1 saturated carbocycles. The summed E-state index contributed by atoms with van der Waals surface area (Å²) in [5.41, 5.74) is 1.75. The molecule has 1 aromatic rings. The Balaban J connectivity index is 1.34. The Labute approximate surface area is 155 Å². The number of amides is 1. The minimum Gasteiger partial charge on any atom is -0.381 e. The van der Waals surface area contributed by atoms with Gasteiger partial charge in [-0.05, 0) is 45.4 Å². The number of rotatable bonds is 4. The average Bonchev–Trinajstić information content (AvgIpc) is 3.32. The molecule has 0 unspecified atom stereocenters. The van der Waals surface area contributed by atoms with Crippen molar-refractivity contribution < 1.29 is 14.3 Å². The van der Waals surface area contributed by atoms with Crippen molar-refractivity contribution in [3.63, 3.8) is 0 Å².